The Labute approximate surface area is 173 Å². The van der Waals surface area contributed by atoms with Gasteiger partial charge in [0, 0.05) is 13.6 Å². The summed E-state index contributed by atoms with van der Waals surface area (Å²) in [5.74, 6) is -0.919. The Hall–Kier alpha value is -1.14. The van der Waals surface area contributed by atoms with E-state index in [4.69, 9.17) is 0 Å². The van der Waals surface area contributed by atoms with Gasteiger partial charge in [0.1, 0.15) is 11.3 Å². The second-order valence-electron chi connectivity index (χ2n) is 4.94. The van der Waals surface area contributed by atoms with Crippen LogP contribution in [0.3, 0.4) is 0 Å². The zero-order valence-electron chi connectivity index (χ0n) is 11.9. The molecule has 2 N–H and O–H groups in total. The molecule has 2 aromatic carbocycles. The van der Waals surface area contributed by atoms with Crippen LogP contribution in [-0.2, 0) is 9.59 Å². The monoisotopic (exact) mass is 610 g/mol. The molecule has 3 rings (SSSR count). The summed E-state index contributed by atoms with van der Waals surface area (Å²) in [6.07, 6.45) is 1.41. The number of carbonyl (C=O) groups excluding carboxylic acids is 2. The molecule has 24 heavy (non-hydrogen) atoms. The predicted molar refractivity (Wildman–Crippen MR) is 111 cm³/mol. The van der Waals surface area contributed by atoms with Crippen LogP contribution in [0.2, 0.25) is 0 Å². The van der Waals surface area contributed by atoms with Crippen LogP contribution in [-0.4, -0.2) is 16.9 Å². The minimum atomic E-state index is -0.504. The summed E-state index contributed by atoms with van der Waals surface area (Å²) < 4.78 is 2.43. The highest BCUT2D eigenvalue weighted by atomic mass is 127. The highest BCUT2D eigenvalue weighted by molar-refractivity contribution is 14.1. The van der Waals surface area contributed by atoms with Gasteiger partial charge >= 0.3 is 0 Å². The quantitative estimate of drug-likeness (QED) is 0.309. The summed E-state index contributed by atoms with van der Waals surface area (Å²) in [6, 6.07) is 10.5. The van der Waals surface area contributed by atoms with E-state index >= 15 is 0 Å². The first-order valence-electron chi connectivity index (χ1n) is 6.67. The van der Waals surface area contributed by atoms with E-state index in [-0.39, 0.29) is 11.3 Å². The summed E-state index contributed by atoms with van der Waals surface area (Å²) in [5.41, 5.74) is 3.50. The van der Waals surface area contributed by atoms with Crippen LogP contribution in [0.15, 0.2) is 46.4 Å². The Bertz CT molecular complexity index is 882. The Morgan fingerprint density at radius 1 is 1.12 bits per heavy atom. The van der Waals surface area contributed by atoms with Crippen molar-refractivity contribution >= 4 is 84.7 Å². The van der Waals surface area contributed by atoms with Crippen LogP contribution >= 0.6 is 61.1 Å². The van der Waals surface area contributed by atoms with E-state index in [0.717, 1.165) is 8.04 Å². The van der Waals surface area contributed by atoms with Crippen molar-refractivity contribution in [3.8, 4) is 5.75 Å². The van der Waals surface area contributed by atoms with Crippen molar-refractivity contribution in [3.05, 3.63) is 59.1 Å². The lowest BCUT2D eigenvalue weighted by molar-refractivity contribution is -0.117. The van der Waals surface area contributed by atoms with Gasteiger partial charge in [-0.25, -0.2) is 5.01 Å². The number of benzene rings is 2. The molecule has 5 nitrogen and oxygen atoms in total. The third kappa shape index (κ3) is 3.45. The van der Waals surface area contributed by atoms with Crippen LogP contribution in [0.5, 0.6) is 5.75 Å². The van der Waals surface area contributed by atoms with E-state index < -0.39 is 11.8 Å². The number of hydrazine groups is 1. The minimum absolute atomic E-state index is 0.0222. The topological polar surface area (TPSA) is 69.6 Å². The van der Waals surface area contributed by atoms with Crippen molar-refractivity contribution in [2.24, 2.45) is 0 Å². The minimum Gasteiger partial charge on any atom is -0.506 e. The summed E-state index contributed by atoms with van der Waals surface area (Å²) in [5, 5.41) is 11.3. The van der Waals surface area contributed by atoms with Crippen LogP contribution in [0, 0.1) is 7.14 Å². The van der Waals surface area contributed by atoms with E-state index in [9.17, 15) is 14.7 Å². The smallest absolute Gasteiger partial charge is 0.282 e. The lowest BCUT2D eigenvalue weighted by atomic mass is 10.1. The van der Waals surface area contributed by atoms with Gasteiger partial charge < -0.3 is 5.11 Å². The fourth-order valence-electron chi connectivity index (χ4n) is 2.18. The molecule has 8 heteroatoms. The maximum absolute atomic E-state index is 12.6. The van der Waals surface area contributed by atoms with E-state index in [1.165, 1.54) is 11.1 Å². The molecular weight excluding hydrogens is 602 g/mol. The molecule has 1 aliphatic rings. The van der Waals surface area contributed by atoms with Crippen molar-refractivity contribution in [1.82, 2.24) is 5.43 Å². The third-order valence-electron chi connectivity index (χ3n) is 3.33. The number of anilines is 1. The number of halogens is 3. The molecule has 0 unspecified atom stereocenters. The molecule has 0 radical (unpaired) electrons. The molecule has 0 bridgehead atoms. The summed E-state index contributed by atoms with van der Waals surface area (Å²) >= 11 is 7.45. The van der Waals surface area contributed by atoms with Crippen molar-refractivity contribution in [2.75, 3.05) is 5.01 Å². The van der Waals surface area contributed by atoms with Gasteiger partial charge in [0.15, 0.2) is 0 Å². The fraction of sp³-hybridized carbons (Fsp3) is 0. The maximum atomic E-state index is 12.6. The second-order valence-corrected chi connectivity index (χ2v) is 8.26. The van der Waals surface area contributed by atoms with Crippen LogP contribution in [0.4, 0.5) is 5.69 Å². The molecule has 1 fully saturated rings. The second kappa shape index (κ2) is 7.00. The molecule has 0 aliphatic carbocycles. The first-order valence-corrected chi connectivity index (χ1v) is 9.62. The average Bonchev–Trinajstić information content (AvgIpc) is 2.81. The number of hydrogen-bond acceptors (Lipinski definition) is 3. The Morgan fingerprint density at radius 3 is 2.46 bits per heavy atom. The maximum Gasteiger partial charge on any atom is 0.282 e. The average molecular weight is 611 g/mol. The number of rotatable bonds is 2. The predicted octanol–water partition coefficient (Wildman–Crippen LogP) is 3.83. The van der Waals surface area contributed by atoms with Gasteiger partial charge in [0.05, 0.1) is 9.26 Å². The highest BCUT2D eigenvalue weighted by Crippen LogP contribution is 2.30. The summed E-state index contributed by atoms with van der Waals surface area (Å²) in [7, 11) is 0. The number of amides is 2. The number of nitrogens with zero attached hydrogens (tertiary/aromatic N) is 1. The zero-order chi connectivity index (χ0) is 17.4. The first kappa shape index (κ1) is 17.7. The van der Waals surface area contributed by atoms with Gasteiger partial charge in [-0.15, -0.1) is 0 Å². The van der Waals surface area contributed by atoms with Crippen molar-refractivity contribution in [1.29, 1.82) is 0 Å². The van der Waals surface area contributed by atoms with Gasteiger partial charge in [-0.3, -0.25) is 15.0 Å². The van der Waals surface area contributed by atoms with Crippen LogP contribution < -0.4 is 10.4 Å². The third-order valence-corrected chi connectivity index (χ3v) is 5.31. The number of hydrogen-bond donors (Lipinski definition) is 2. The molecule has 0 saturated carbocycles. The van der Waals surface area contributed by atoms with E-state index in [0.29, 0.717) is 14.8 Å². The number of carbonyl (C=O) groups is 2. The number of phenols is 1. The highest BCUT2D eigenvalue weighted by Gasteiger charge is 2.34. The van der Waals surface area contributed by atoms with Gasteiger partial charge in [-0.2, -0.15) is 0 Å². The van der Waals surface area contributed by atoms with Crippen molar-refractivity contribution in [3.63, 3.8) is 0 Å². The molecule has 2 amide bonds. The van der Waals surface area contributed by atoms with Crippen LogP contribution in [0.25, 0.3) is 6.08 Å². The normalized spacial score (nSPS) is 16.0. The van der Waals surface area contributed by atoms with Gasteiger partial charge in [-0.1, -0.05) is 15.9 Å². The lowest BCUT2D eigenvalue weighted by Crippen LogP contribution is -2.35. The molecule has 0 aromatic heterocycles. The molecule has 122 valence electrons. The van der Waals surface area contributed by atoms with E-state index in [1.807, 2.05) is 28.7 Å². The van der Waals surface area contributed by atoms with Crippen molar-refractivity contribution in [2.45, 2.75) is 0 Å². The van der Waals surface area contributed by atoms with Gasteiger partial charge in [0.25, 0.3) is 11.8 Å². The largest absolute Gasteiger partial charge is 0.506 e. The molecule has 1 saturated heterocycles. The molecular formula is C16H9BrI2N2O3. The summed E-state index contributed by atoms with van der Waals surface area (Å²) in [6.45, 7) is 0. The Balaban J connectivity index is 1.99. The van der Waals surface area contributed by atoms with Gasteiger partial charge in [0.2, 0.25) is 0 Å². The van der Waals surface area contributed by atoms with Gasteiger partial charge in [-0.05, 0) is 87.7 Å². The van der Waals surface area contributed by atoms with E-state index in [1.54, 1.807) is 30.3 Å². The number of phenolic OH excluding ortho intramolecular Hbond substituents is 1. The van der Waals surface area contributed by atoms with Crippen molar-refractivity contribution < 1.29 is 14.7 Å². The first-order chi connectivity index (χ1) is 11.4. The Morgan fingerprint density at radius 2 is 1.79 bits per heavy atom. The molecule has 0 atom stereocenters. The zero-order valence-corrected chi connectivity index (χ0v) is 17.8. The standard InChI is InChI=1S/C16H9BrI2N2O3/c17-9-1-3-11(4-2-9)21-16(24)12(15(23)20-21)6-8-5-10(18)7-13(19)14(8)22/h1-7,22H,(H,20,23)/b12-6-. The Kier molecular flexibility index (Phi) is 5.16. The molecule has 0 spiro atoms. The summed E-state index contributed by atoms with van der Waals surface area (Å²) in [4.78, 5) is 24.7. The molecule has 2 aromatic rings. The molecule has 1 heterocycles. The van der Waals surface area contributed by atoms with E-state index in [2.05, 4.69) is 43.9 Å². The lowest BCUT2D eigenvalue weighted by Gasteiger charge is -2.14. The number of nitrogens with one attached hydrogen (secondary N) is 1. The number of aromatic hydroxyl groups is 1. The van der Waals surface area contributed by atoms with Crippen LogP contribution in [0.1, 0.15) is 5.56 Å². The fourth-order valence-corrected chi connectivity index (χ4v) is 4.33. The SMILES string of the molecule is O=C1NN(c2ccc(Br)cc2)C(=O)/C1=C\c1cc(I)cc(I)c1O. The molecule has 1 aliphatic heterocycles.